The molecule has 0 aliphatic heterocycles. The van der Waals surface area contributed by atoms with Crippen molar-refractivity contribution in [2.75, 3.05) is 5.32 Å². The van der Waals surface area contributed by atoms with Gasteiger partial charge in [-0.15, -0.1) is 0 Å². The van der Waals surface area contributed by atoms with Crippen LogP contribution in [0.3, 0.4) is 0 Å². The summed E-state index contributed by atoms with van der Waals surface area (Å²) in [5.41, 5.74) is 1.14. The molecule has 0 bridgehead atoms. The van der Waals surface area contributed by atoms with Gasteiger partial charge in [-0.05, 0) is 37.6 Å². The summed E-state index contributed by atoms with van der Waals surface area (Å²) in [5, 5.41) is 4.20. The van der Waals surface area contributed by atoms with Crippen LogP contribution in [-0.2, 0) is 0 Å². The quantitative estimate of drug-likeness (QED) is 0.771. The van der Waals surface area contributed by atoms with E-state index in [2.05, 4.69) is 19.2 Å². The van der Waals surface area contributed by atoms with Gasteiger partial charge >= 0.3 is 0 Å². The zero-order chi connectivity index (χ0) is 9.68. The monoisotopic (exact) mass is 197 g/mol. The summed E-state index contributed by atoms with van der Waals surface area (Å²) in [7, 11) is 0. The van der Waals surface area contributed by atoms with Crippen molar-refractivity contribution in [1.82, 2.24) is 0 Å². The van der Waals surface area contributed by atoms with Gasteiger partial charge in [-0.3, -0.25) is 0 Å². The fourth-order valence-electron chi connectivity index (χ4n) is 1.34. The normalized spacial score (nSPS) is 12.5. The van der Waals surface area contributed by atoms with E-state index in [1.807, 2.05) is 24.3 Å². The molecule has 0 spiro atoms. The van der Waals surface area contributed by atoms with Gasteiger partial charge in [0.15, 0.2) is 0 Å². The lowest BCUT2D eigenvalue weighted by Gasteiger charge is -2.13. The lowest BCUT2D eigenvalue weighted by atomic mass is 10.2. The minimum Gasteiger partial charge on any atom is -0.383 e. The van der Waals surface area contributed by atoms with Gasteiger partial charge in [-0.1, -0.05) is 24.9 Å². The van der Waals surface area contributed by atoms with E-state index in [1.54, 1.807) is 0 Å². The van der Waals surface area contributed by atoms with Crippen molar-refractivity contribution < 1.29 is 0 Å². The molecule has 1 atom stereocenters. The minimum atomic E-state index is 0.533. The summed E-state index contributed by atoms with van der Waals surface area (Å²) < 4.78 is 0. The molecule has 0 amide bonds. The van der Waals surface area contributed by atoms with Crippen molar-refractivity contribution in [3.63, 3.8) is 0 Å². The van der Waals surface area contributed by atoms with Gasteiger partial charge in [0.25, 0.3) is 0 Å². The third kappa shape index (κ3) is 3.69. The molecule has 1 unspecified atom stereocenters. The maximum Gasteiger partial charge on any atom is 0.0407 e. The number of halogens is 1. The molecular weight excluding hydrogens is 182 g/mol. The van der Waals surface area contributed by atoms with Crippen molar-refractivity contribution in [3.8, 4) is 0 Å². The molecule has 1 nitrogen and oxygen atoms in total. The molecule has 0 radical (unpaired) electrons. The molecule has 0 saturated carbocycles. The molecule has 1 rings (SSSR count). The second-order valence-electron chi connectivity index (χ2n) is 3.34. The maximum atomic E-state index is 5.78. The van der Waals surface area contributed by atoms with Gasteiger partial charge in [-0.25, -0.2) is 0 Å². The van der Waals surface area contributed by atoms with E-state index in [-0.39, 0.29) is 0 Å². The Bertz CT molecular complexity index is 243. The first-order valence-corrected chi connectivity index (χ1v) is 5.12. The zero-order valence-corrected chi connectivity index (χ0v) is 8.93. The fourth-order valence-corrected chi connectivity index (χ4v) is 1.46. The summed E-state index contributed by atoms with van der Waals surface area (Å²) in [5.74, 6) is 0. The number of benzene rings is 1. The van der Waals surface area contributed by atoms with E-state index in [0.29, 0.717) is 6.04 Å². The highest BCUT2D eigenvalue weighted by molar-refractivity contribution is 6.30. The molecule has 1 aromatic carbocycles. The maximum absolute atomic E-state index is 5.78. The average molecular weight is 198 g/mol. The molecule has 0 aliphatic rings. The second-order valence-corrected chi connectivity index (χ2v) is 3.78. The van der Waals surface area contributed by atoms with Crippen molar-refractivity contribution in [2.45, 2.75) is 32.7 Å². The van der Waals surface area contributed by atoms with Crippen LogP contribution in [0.25, 0.3) is 0 Å². The third-order valence-electron chi connectivity index (χ3n) is 1.98. The predicted molar refractivity (Wildman–Crippen MR) is 59.4 cm³/mol. The Morgan fingerprint density at radius 1 is 1.31 bits per heavy atom. The Kier molecular flexibility index (Phi) is 4.10. The molecule has 0 heterocycles. The Morgan fingerprint density at radius 3 is 2.46 bits per heavy atom. The van der Waals surface area contributed by atoms with Gasteiger partial charge < -0.3 is 5.32 Å². The lowest BCUT2D eigenvalue weighted by Crippen LogP contribution is -2.14. The van der Waals surface area contributed by atoms with E-state index in [0.717, 1.165) is 10.7 Å². The fraction of sp³-hybridized carbons (Fsp3) is 0.455. The van der Waals surface area contributed by atoms with Crippen LogP contribution < -0.4 is 5.32 Å². The molecule has 1 N–H and O–H groups in total. The van der Waals surface area contributed by atoms with E-state index >= 15 is 0 Å². The number of anilines is 1. The average Bonchev–Trinajstić information content (AvgIpc) is 2.09. The summed E-state index contributed by atoms with van der Waals surface area (Å²) in [6.45, 7) is 4.39. The Hall–Kier alpha value is -0.690. The summed E-state index contributed by atoms with van der Waals surface area (Å²) in [6, 6.07) is 8.36. The summed E-state index contributed by atoms with van der Waals surface area (Å²) >= 11 is 5.78. The van der Waals surface area contributed by atoms with Crippen molar-refractivity contribution >= 4 is 17.3 Å². The molecule has 0 saturated heterocycles. The number of rotatable bonds is 4. The zero-order valence-electron chi connectivity index (χ0n) is 8.18. The summed E-state index contributed by atoms with van der Waals surface area (Å²) in [6.07, 6.45) is 2.41. The number of hydrogen-bond donors (Lipinski definition) is 1. The summed E-state index contributed by atoms with van der Waals surface area (Å²) in [4.78, 5) is 0. The third-order valence-corrected chi connectivity index (χ3v) is 2.23. The van der Waals surface area contributed by atoms with E-state index in [1.165, 1.54) is 12.8 Å². The topological polar surface area (TPSA) is 12.0 Å². The van der Waals surface area contributed by atoms with Gasteiger partial charge in [0.2, 0.25) is 0 Å². The van der Waals surface area contributed by atoms with Gasteiger partial charge in [0.05, 0.1) is 0 Å². The molecule has 0 fully saturated rings. The Morgan fingerprint density at radius 2 is 1.92 bits per heavy atom. The molecule has 1 aromatic rings. The van der Waals surface area contributed by atoms with Gasteiger partial charge in [-0.2, -0.15) is 0 Å². The van der Waals surface area contributed by atoms with Crippen LogP contribution in [0.2, 0.25) is 5.02 Å². The van der Waals surface area contributed by atoms with Crippen molar-refractivity contribution in [1.29, 1.82) is 0 Å². The number of hydrogen-bond acceptors (Lipinski definition) is 1. The van der Waals surface area contributed by atoms with Crippen LogP contribution in [0.5, 0.6) is 0 Å². The first-order valence-electron chi connectivity index (χ1n) is 4.74. The second kappa shape index (κ2) is 5.13. The predicted octanol–water partition coefficient (Wildman–Crippen LogP) is 3.94. The van der Waals surface area contributed by atoms with E-state index in [9.17, 15) is 0 Å². The van der Waals surface area contributed by atoms with Crippen molar-refractivity contribution in [3.05, 3.63) is 29.3 Å². The van der Waals surface area contributed by atoms with Crippen LogP contribution >= 0.6 is 11.6 Å². The first-order chi connectivity index (χ1) is 6.22. The Balaban J connectivity index is 2.49. The lowest BCUT2D eigenvalue weighted by molar-refractivity contribution is 0.690. The van der Waals surface area contributed by atoms with Gasteiger partial charge in [0, 0.05) is 16.8 Å². The van der Waals surface area contributed by atoms with E-state index < -0.39 is 0 Å². The van der Waals surface area contributed by atoms with Crippen LogP contribution in [0.15, 0.2) is 24.3 Å². The van der Waals surface area contributed by atoms with Gasteiger partial charge in [0.1, 0.15) is 0 Å². The highest BCUT2D eigenvalue weighted by Crippen LogP contribution is 2.15. The molecule has 13 heavy (non-hydrogen) atoms. The van der Waals surface area contributed by atoms with Crippen LogP contribution in [0, 0.1) is 0 Å². The minimum absolute atomic E-state index is 0.533. The smallest absolute Gasteiger partial charge is 0.0407 e. The molecule has 0 aromatic heterocycles. The highest BCUT2D eigenvalue weighted by atomic mass is 35.5. The standard InChI is InChI=1S/C11H16ClN/c1-3-4-9(2)13-11-7-5-10(12)6-8-11/h5-9,13H,3-4H2,1-2H3. The molecule has 2 heteroatoms. The van der Waals surface area contributed by atoms with Crippen LogP contribution in [0.1, 0.15) is 26.7 Å². The molecule has 72 valence electrons. The highest BCUT2D eigenvalue weighted by Gasteiger charge is 1.99. The molecular formula is C11H16ClN. The van der Waals surface area contributed by atoms with Crippen molar-refractivity contribution in [2.24, 2.45) is 0 Å². The van der Waals surface area contributed by atoms with Crippen LogP contribution in [0.4, 0.5) is 5.69 Å². The van der Waals surface area contributed by atoms with E-state index in [4.69, 9.17) is 11.6 Å². The Labute approximate surface area is 85.1 Å². The number of nitrogens with one attached hydrogen (secondary N) is 1. The molecule has 0 aliphatic carbocycles. The first kappa shape index (κ1) is 10.4. The van der Waals surface area contributed by atoms with Crippen LogP contribution in [-0.4, -0.2) is 6.04 Å². The SMILES string of the molecule is CCCC(C)Nc1ccc(Cl)cc1. The largest absolute Gasteiger partial charge is 0.383 e.